The fraction of sp³-hybridized carbons (Fsp3) is 0.231. The van der Waals surface area contributed by atoms with Gasteiger partial charge in [0.15, 0.2) is 0 Å². The number of benzene rings is 1. The number of halogens is 1. The molecule has 2 rings (SSSR count). The molecule has 1 heterocycles. The van der Waals surface area contributed by atoms with Crippen molar-refractivity contribution >= 4 is 0 Å². The molecule has 0 saturated heterocycles. The predicted octanol–water partition coefficient (Wildman–Crippen LogP) is 0.850. The van der Waals surface area contributed by atoms with Crippen LogP contribution in [0, 0.1) is 5.82 Å². The normalized spacial score (nSPS) is 10.4. The Balaban J connectivity index is 1.97. The zero-order valence-electron chi connectivity index (χ0n) is 10.5. The third-order valence-electron chi connectivity index (χ3n) is 2.65. The highest BCUT2D eigenvalue weighted by Gasteiger charge is 2.12. The molecule has 1 aromatic carbocycles. The van der Waals surface area contributed by atoms with E-state index in [4.69, 9.17) is 4.74 Å². The number of aromatic amines is 1. The van der Waals surface area contributed by atoms with Crippen LogP contribution in [0.2, 0.25) is 0 Å². The first-order valence-corrected chi connectivity index (χ1v) is 5.99. The van der Waals surface area contributed by atoms with Gasteiger partial charge in [-0.3, -0.25) is 14.3 Å². The van der Waals surface area contributed by atoms with Crippen LogP contribution in [-0.2, 0) is 6.54 Å². The summed E-state index contributed by atoms with van der Waals surface area (Å²) in [5.41, 5.74) is -2.09. The minimum atomic E-state index is -1.37. The number of hydrogen-bond acceptors (Lipinski definition) is 4. The van der Waals surface area contributed by atoms with Crippen LogP contribution in [-0.4, -0.2) is 21.3 Å². The lowest BCUT2D eigenvalue weighted by Gasteiger charge is -2.09. The number of nitrogens with zero attached hydrogens (tertiary/aromatic N) is 1. The van der Waals surface area contributed by atoms with E-state index < -0.39 is 22.9 Å². The molecule has 0 amide bonds. The van der Waals surface area contributed by atoms with Crippen molar-refractivity contribution in [3.05, 3.63) is 57.0 Å². The van der Waals surface area contributed by atoms with E-state index in [0.717, 1.165) is 4.57 Å². The Hall–Kier alpha value is -2.57. The summed E-state index contributed by atoms with van der Waals surface area (Å²) in [6, 6.07) is 9.06. The molecule has 0 bridgehead atoms. The number of H-pyrrole nitrogens is 1. The molecule has 0 spiro atoms. The number of para-hydroxylation sites is 1. The van der Waals surface area contributed by atoms with E-state index in [9.17, 15) is 19.1 Å². The van der Waals surface area contributed by atoms with Crippen LogP contribution in [0.1, 0.15) is 6.42 Å². The molecule has 0 atom stereocenters. The summed E-state index contributed by atoms with van der Waals surface area (Å²) in [4.78, 5) is 24.1. The standard InChI is InChI=1S/C13H13FN2O4/c14-10-11(17)15-13(19)16(12(10)18)7-4-8-20-9-5-2-1-3-6-9/h1-3,5-6,18H,4,7-8H2,(H,15,17,19). The highest BCUT2D eigenvalue weighted by molar-refractivity contribution is 5.20. The second kappa shape index (κ2) is 6.05. The van der Waals surface area contributed by atoms with Gasteiger partial charge >= 0.3 is 5.69 Å². The lowest BCUT2D eigenvalue weighted by Crippen LogP contribution is -2.32. The van der Waals surface area contributed by atoms with Crippen LogP contribution in [0.3, 0.4) is 0 Å². The maximum Gasteiger partial charge on any atom is 0.331 e. The zero-order valence-corrected chi connectivity index (χ0v) is 10.5. The van der Waals surface area contributed by atoms with Crippen LogP contribution in [0.4, 0.5) is 4.39 Å². The lowest BCUT2D eigenvalue weighted by atomic mass is 10.3. The molecule has 7 heteroatoms. The fourth-order valence-electron chi connectivity index (χ4n) is 1.67. The molecule has 0 aliphatic carbocycles. The first-order chi connectivity index (χ1) is 9.59. The largest absolute Gasteiger partial charge is 0.494 e. The van der Waals surface area contributed by atoms with Gasteiger partial charge in [-0.2, -0.15) is 4.39 Å². The topological polar surface area (TPSA) is 84.3 Å². The smallest absolute Gasteiger partial charge is 0.331 e. The van der Waals surface area contributed by atoms with Gasteiger partial charge in [-0.25, -0.2) is 4.79 Å². The van der Waals surface area contributed by atoms with E-state index >= 15 is 0 Å². The van der Waals surface area contributed by atoms with E-state index in [1.807, 2.05) is 18.2 Å². The molecule has 2 N–H and O–H groups in total. The number of hydrogen-bond donors (Lipinski definition) is 2. The minimum absolute atomic E-state index is 0.0329. The molecule has 0 aliphatic heterocycles. The van der Waals surface area contributed by atoms with Crippen molar-refractivity contribution < 1.29 is 14.2 Å². The molecule has 0 unspecified atom stereocenters. The molecule has 0 aliphatic rings. The second-order valence-corrected chi connectivity index (χ2v) is 4.06. The maximum absolute atomic E-state index is 13.2. The van der Waals surface area contributed by atoms with Gasteiger partial charge in [0.05, 0.1) is 6.61 Å². The van der Waals surface area contributed by atoms with Gasteiger partial charge in [-0.1, -0.05) is 18.2 Å². The molecule has 0 fully saturated rings. The summed E-state index contributed by atoms with van der Waals surface area (Å²) < 4.78 is 19.3. The van der Waals surface area contributed by atoms with E-state index in [1.165, 1.54) is 0 Å². The van der Waals surface area contributed by atoms with Crippen molar-refractivity contribution in [2.24, 2.45) is 0 Å². The third kappa shape index (κ3) is 3.05. The molecule has 106 valence electrons. The summed E-state index contributed by atoms with van der Waals surface area (Å²) in [6.45, 7) is 0.321. The van der Waals surface area contributed by atoms with Crippen LogP contribution in [0.25, 0.3) is 0 Å². The Kier molecular flexibility index (Phi) is 4.19. The van der Waals surface area contributed by atoms with Gasteiger partial charge in [0.2, 0.25) is 11.7 Å². The van der Waals surface area contributed by atoms with Crippen LogP contribution in [0.5, 0.6) is 11.6 Å². The molecule has 1 aromatic heterocycles. The first kappa shape index (κ1) is 13.9. The van der Waals surface area contributed by atoms with Crippen molar-refractivity contribution in [2.75, 3.05) is 6.61 Å². The Morgan fingerprint density at radius 1 is 1.25 bits per heavy atom. The minimum Gasteiger partial charge on any atom is -0.494 e. The average molecular weight is 280 g/mol. The molecule has 0 saturated carbocycles. The van der Waals surface area contributed by atoms with Gasteiger partial charge in [0.1, 0.15) is 5.75 Å². The summed E-state index contributed by atoms with van der Waals surface area (Å²) in [5, 5.41) is 9.40. The summed E-state index contributed by atoms with van der Waals surface area (Å²) in [5.74, 6) is -1.65. The van der Waals surface area contributed by atoms with Crippen LogP contribution >= 0.6 is 0 Å². The highest BCUT2D eigenvalue weighted by atomic mass is 19.1. The summed E-state index contributed by atoms with van der Waals surface area (Å²) >= 11 is 0. The zero-order chi connectivity index (χ0) is 14.5. The molecular formula is C13H13FN2O4. The van der Waals surface area contributed by atoms with Crippen molar-refractivity contribution in [1.29, 1.82) is 0 Å². The Morgan fingerprint density at radius 2 is 1.95 bits per heavy atom. The number of aromatic hydroxyl groups is 1. The van der Waals surface area contributed by atoms with Gasteiger partial charge in [0.25, 0.3) is 5.56 Å². The fourth-order valence-corrected chi connectivity index (χ4v) is 1.67. The quantitative estimate of drug-likeness (QED) is 0.795. The van der Waals surface area contributed by atoms with Crippen molar-refractivity contribution in [3.8, 4) is 11.6 Å². The molecular weight excluding hydrogens is 267 g/mol. The lowest BCUT2D eigenvalue weighted by molar-refractivity contribution is 0.290. The number of nitrogens with one attached hydrogen (secondary N) is 1. The number of rotatable bonds is 5. The van der Waals surface area contributed by atoms with Crippen LogP contribution < -0.4 is 16.0 Å². The number of aromatic nitrogens is 2. The van der Waals surface area contributed by atoms with Gasteiger partial charge in [-0.15, -0.1) is 0 Å². The predicted molar refractivity (Wildman–Crippen MR) is 69.5 cm³/mol. The molecule has 2 aromatic rings. The van der Waals surface area contributed by atoms with E-state index in [1.54, 1.807) is 17.1 Å². The first-order valence-electron chi connectivity index (χ1n) is 5.99. The van der Waals surface area contributed by atoms with Crippen LogP contribution in [0.15, 0.2) is 39.9 Å². The second-order valence-electron chi connectivity index (χ2n) is 4.06. The van der Waals surface area contributed by atoms with Crippen molar-refractivity contribution in [3.63, 3.8) is 0 Å². The molecule has 6 nitrogen and oxygen atoms in total. The summed E-state index contributed by atoms with van der Waals surface area (Å²) in [6.07, 6.45) is 0.369. The molecule has 20 heavy (non-hydrogen) atoms. The van der Waals surface area contributed by atoms with Crippen molar-refractivity contribution in [1.82, 2.24) is 9.55 Å². The van der Waals surface area contributed by atoms with Gasteiger partial charge < -0.3 is 9.84 Å². The summed E-state index contributed by atoms with van der Waals surface area (Å²) in [7, 11) is 0. The Bertz CT molecular complexity index is 694. The molecule has 0 radical (unpaired) electrons. The third-order valence-corrected chi connectivity index (χ3v) is 2.65. The Morgan fingerprint density at radius 3 is 2.65 bits per heavy atom. The Labute approximate surface area is 113 Å². The average Bonchev–Trinajstić information content (AvgIpc) is 2.45. The SMILES string of the molecule is O=c1[nH]c(=O)n(CCCOc2ccccc2)c(O)c1F. The number of ether oxygens (including phenoxy) is 1. The maximum atomic E-state index is 13.2. The van der Waals surface area contributed by atoms with Crippen molar-refractivity contribution in [2.45, 2.75) is 13.0 Å². The van der Waals surface area contributed by atoms with E-state index in [0.29, 0.717) is 12.2 Å². The monoisotopic (exact) mass is 280 g/mol. The van der Waals surface area contributed by atoms with E-state index in [-0.39, 0.29) is 13.2 Å². The van der Waals surface area contributed by atoms with Gasteiger partial charge in [-0.05, 0) is 18.6 Å². The van der Waals surface area contributed by atoms with E-state index in [2.05, 4.69) is 0 Å². The van der Waals surface area contributed by atoms with Gasteiger partial charge in [0, 0.05) is 6.54 Å². The highest BCUT2D eigenvalue weighted by Crippen LogP contribution is 2.10.